The van der Waals surface area contributed by atoms with E-state index in [1.807, 2.05) is 0 Å². The van der Waals surface area contributed by atoms with E-state index < -0.39 is 9.84 Å². The molecule has 86 valence electrons. The number of nitrogens with zero attached hydrogens (tertiary/aromatic N) is 3. The molecule has 0 atom stereocenters. The Morgan fingerprint density at radius 3 is 2.75 bits per heavy atom. The highest BCUT2D eigenvalue weighted by Gasteiger charge is 2.34. The minimum absolute atomic E-state index is 0.0519. The average molecular weight is 239 g/mol. The number of hydrogen-bond acceptors (Lipinski definition) is 5. The Morgan fingerprint density at radius 2 is 2.12 bits per heavy atom. The van der Waals surface area contributed by atoms with E-state index in [2.05, 4.69) is 14.9 Å². The average Bonchev–Trinajstić information content (AvgIpc) is 2.96. The molecule has 3 rings (SSSR count). The molecule has 1 aromatic rings. The van der Waals surface area contributed by atoms with Crippen molar-refractivity contribution in [3.05, 3.63) is 17.5 Å². The van der Waals surface area contributed by atoms with Crippen molar-refractivity contribution in [3.63, 3.8) is 0 Å². The quantitative estimate of drug-likeness (QED) is 0.697. The molecular formula is C10H13N3O2S. The topological polar surface area (TPSA) is 63.2 Å². The van der Waals surface area contributed by atoms with Gasteiger partial charge in [0.25, 0.3) is 0 Å². The van der Waals surface area contributed by atoms with E-state index in [9.17, 15) is 8.42 Å². The van der Waals surface area contributed by atoms with E-state index in [4.69, 9.17) is 0 Å². The summed E-state index contributed by atoms with van der Waals surface area (Å²) in [6.07, 6.45) is 5.30. The molecule has 2 heterocycles. The largest absolute Gasteiger partial charge is 0.290 e. The minimum Gasteiger partial charge on any atom is -0.290 e. The third-order valence-electron chi connectivity index (χ3n) is 3.05. The molecule has 6 heteroatoms. The van der Waals surface area contributed by atoms with Gasteiger partial charge in [0, 0.05) is 37.1 Å². The molecule has 1 saturated carbocycles. The summed E-state index contributed by atoms with van der Waals surface area (Å²) in [5, 5.41) is -0.0519. The Labute approximate surface area is 94.4 Å². The lowest BCUT2D eigenvalue weighted by molar-refractivity contribution is 0.271. The first kappa shape index (κ1) is 10.2. The maximum absolute atomic E-state index is 11.3. The van der Waals surface area contributed by atoms with Crippen LogP contribution in [0, 0.1) is 0 Å². The zero-order valence-electron chi connectivity index (χ0n) is 9.05. The van der Waals surface area contributed by atoms with Crippen LogP contribution in [0.3, 0.4) is 0 Å². The molecule has 2 aliphatic rings. The smallest absolute Gasteiger partial charge is 0.247 e. The van der Waals surface area contributed by atoms with Crippen LogP contribution >= 0.6 is 0 Å². The minimum atomic E-state index is -3.29. The molecule has 0 saturated heterocycles. The highest BCUT2D eigenvalue weighted by molar-refractivity contribution is 7.90. The third-order valence-corrected chi connectivity index (χ3v) is 3.91. The Hall–Kier alpha value is -1.01. The van der Waals surface area contributed by atoms with Crippen molar-refractivity contribution in [3.8, 4) is 0 Å². The zero-order chi connectivity index (χ0) is 11.3. The van der Waals surface area contributed by atoms with Crippen molar-refractivity contribution in [2.24, 2.45) is 0 Å². The molecular weight excluding hydrogens is 226 g/mol. The van der Waals surface area contributed by atoms with E-state index in [-0.39, 0.29) is 5.16 Å². The Bertz CT molecular complexity index is 537. The monoisotopic (exact) mass is 239 g/mol. The van der Waals surface area contributed by atoms with Crippen molar-refractivity contribution in [2.45, 2.75) is 37.1 Å². The summed E-state index contributed by atoms with van der Waals surface area (Å²) >= 11 is 0. The third kappa shape index (κ3) is 1.72. The SMILES string of the molecule is CS(=O)(=O)c1ncc2c(n1)CN(C1CC1)C2. The lowest BCUT2D eigenvalue weighted by Gasteiger charge is -2.11. The fourth-order valence-corrected chi connectivity index (χ4v) is 2.56. The summed E-state index contributed by atoms with van der Waals surface area (Å²) < 4.78 is 22.6. The number of hydrogen-bond donors (Lipinski definition) is 0. The van der Waals surface area contributed by atoms with Crippen LogP contribution in [0.15, 0.2) is 11.4 Å². The van der Waals surface area contributed by atoms with Gasteiger partial charge >= 0.3 is 0 Å². The van der Waals surface area contributed by atoms with Gasteiger partial charge in [-0.15, -0.1) is 0 Å². The lowest BCUT2D eigenvalue weighted by atomic mass is 10.3. The highest BCUT2D eigenvalue weighted by Crippen LogP contribution is 2.33. The van der Waals surface area contributed by atoms with Crippen molar-refractivity contribution < 1.29 is 8.42 Å². The number of fused-ring (bicyclic) bond motifs is 1. The van der Waals surface area contributed by atoms with Gasteiger partial charge in [0.05, 0.1) is 5.69 Å². The number of rotatable bonds is 2. The molecule has 1 aromatic heterocycles. The first-order valence-corrected chi connectivity index (χ1v) is 7.22. The van der Waals surface area contributed by atoms with Gasteiger partial charge in [0.1, 0.15) is 0 Å². The van der Waals surface area contributed by atoms with Gasteiger partial charge in [0.15, 0.2) is 0 Å². The molecule has 16 heavy (non-hydrogen) atoms. The maximum atomic E-state index is 11.3. The van der Waals surface area contributed by atoms with Crippen LogP contribution in [-0.4, -0.2) is 35.6 Å². The fraction of sp³-hybridized carbons (Fsp3) is 0.600. The van der Waals surface area contributed by atoms with Crippen LogP contribution in [0.1, 0.15) is 24.1 Å². The van der Waals surface area contributed by atoms with E-state index in [1.165, 1.54) is 12.8 Å². The summed E-state index contributed by atoms with van der Waals surface area (Å²) in [4.78, 5) is 10.4. The van der Waals surface area contributed by atoms with Crippen molar-refractivity contribution in [2.75, 3.05) is 6.26 Å². The second kappa shape index (κ2) is 3.24. The molecule has 1 aliphatic carbocycles. The normalized spacial score (nSPS) is 21.1. The lowest BCUT2D eigenvalue weighted by Crippen LogP contribution is -2.18. The Morgan fingerprint density at radius 1 is 1.38 bits per heavy atom. The van der Waals surface area contributed by atoms with Crippen molar-refractivity contribution in [1.82, 2.24) is 14.9 Å². The molecule has 1 fully saturated rings. The summed E-state index contributed by atoms with van der Waals surface area (Å²) in [6, 6.07) is 0.677. The van der Waals surface area contributed by atoms with Gasteiger partial charge in [-0.3, -0.25) is 4.90 Å². The van der Waals surface area contributed by atoms with Gasteiger partial charge in [-0.2, -0.15) is 0 Å². The van der Waals surface area contributed by atoms with Crippen LogP contribution in [0.25, 0.3) is 0 Å². The van der Waals surface area contributed by atoms with E-state index >= 15 is 0 Å². The molecule has 0 amide bonds. The predicted molar refractivity (Wildman–Crippen MR) is 57.4 cm³/mol. The van der Waals surface area contributed by atoms with E-state index in [0.29, 0.717) is 6.04 Å². The first-order valence-electron chi connectivity index (χ1n) is 5.33. The molecule has 1 aliphatic heterocycles. The van der Waals surface area contributed by atoms with Crippen LogP contribution in [-0.2, 0) is 22.9 Å². The first-order chi connectivity index (χ1) is 7.54. The summed E-state index contributed by atoms with van der Waals surface area (Å²) in [6.45, 7) is 1.63. The predicted octanol–water partition coefficient (Wildman–Crippen LogP) is 0.358. The van der Waals surface area contributed by atoms with Crippen LogP contribution in [0.5, 0.6) is 0 Å². The van der Waals surface area contributed by atoms with Crippen LogP contribution in [0.4, 0.5) is 0 Å². The maximum Gasteiger partial charge on any atom is 0.247 e. The molecule has 0 bridgehead atoms. The molecule has 0 N–H and O–H groups in total. The van der Waals surface area contributed by atoms with E-state index in [0.717, 1.165) is 30.6 Å². The summed E-state index contributed by atoms with van der Waals surface area (Å²) in [5.74, 6) is 0. The fourth-order valence-electron chi connectivity index (χ4n) is 2.04. The molecule has 5 nitrogen and oxygen atoms in total. The van der Waals surface area contributed by atoms with Gasteiger partial charge in [-0.1, -0.05) is 0 Å². The van der Waals surface area contributed by atoms with Crippen molar-refractivity contribution >= 4 is 9.84 Å². The standard InChI is InChI=1S/C10H13N3O2S/c1-16(14,15)10-11-4-7-5-13(8-2-3-8)6-9(7)12-10/h4,8H,2-3,5-6H2,1H3. The Kier molecular flexibility index (Phi) is 2.06. The van der Waals surface area contributed by atoms with Crippen LogP contribution < -0.4 is 0 Å². The van der Waals surface area contributed by atoms with Gasteiger partial charge in [0.2, 0.25) is 15.0 Å². The zero-order valence-corrected chi connectivity index (χ0v) is 9.87. The molecule has 0 radical (unpaired) electrons. The second-order valence-corrected chi connectivity index (χ2v) is 6.44. The molecule has 0 spiro atoms. The number of aromatic nitrogens is 2. The van der Waals surface area contributed by atoms with Crippen molar-refractivity contribution in [1.29, 1.82) is 0 Å². The van der Waals surface area contributed by atoms with Gasteiger partial charge in [-0.05, 0) is 12.8 Å². The van der Waals surface area contributed by atoms with E-state index in [1.54, 1.807) is 6.20 Å². The number of sulfone groups is 1. The summed E-state index contributed by atoms with van der Waals surface area (Å²) in [5.41, 5.74) is 1.95. The van der Waals surface area contributed by atoms with Gasteiger partial charge in [-0.25, -0.2) is 18.4 Å². The highest BCUT2D eigenvalue weighted by atomic mass is 32.2. The summed E-state index contributed by atoms with van der Waals surface area (Å²) in [7, 11) is -3.29. The van der Waals surface area contributed by atoms with Crippen LogP contribution in [0.2, 0.25) is 0 Å². The molecule has 0 aromatic carbocycles. The van der Waals surface area contributed by atoms with Gasteiger partial charge < -0.3 is 0 Å². The Balaban J connectivity index is 1.94. The second-order valence-electron chi connectivity index (χ2n) is 4.53. The molecule has 0 unspecified atom stereocenters.